The molecular weight excluding hydrogens is 360 g/mol. The zero-order chi connectivity index (χ0) is 19.5. The highest BCUT2D eigenvalue weighted by Crippen LogP contribution is 2.24. The van der Waals surface area contributed by atoms with E-state index in [2.05, 4.69) is 20.4 Å². The summed E-state index contributed by atoms with van der Waals surface area (Å²) in [5.74, 6) is 0.156. The van der Waals surface area contributed by atoms with Crippen LogP contribution in [0.3, 0.4) is 0 Å². The number of nitrogens with one attached hydrogen (secondary N) is 1. The van der Waals surface area contributed by atoms with Crippen LogP contribution in [0, 0.1) is 0 Å². The fraction of sp³-hybridized carbons (Fsp3) is 0.158. The van der Waals surface area contributed by atoms with E-state index in [1.54, 1.807) is 13.3 Å². The van der Waals surface area contributed by atoms with E-state index >= 15 is 0 Å². The predicted octanol–water partition coefficient (Wildman–Crippen LogP) is 2.03. The number of fused-ring (bicyclic) bond motifs is 1. The second-order valence-electron chi connectivity index (χ2n) is 6.02. The lowest BCUT2D eigenvalue weighted by atomic mass is 10.1. The van der Waals surface area contributed by atoms with E-state index < -0.39 is 0 Å². The Balaban J connectivity index is 1.64. The topological polar surface area (TPSA) is 121 Å². The minimum atomic E-state index is -0.374. The van der Waals surface area contributed by atoms with E-state index in [0.717, 1.165) is 11.1 Å². The van der Waals surface area contributed by atoms with Crippen LogP contribution in [0.4, 0.5) is 5.82 Å². The molecule has 0 bridgehead atoms. The van der Waals surface area contributed by atoms with Crippen LogP contribution in [0.25, 0.3) is 28.2 Å². The van der Waals surface area contributed by atoms with Crippen molar-refractivity contribution in [3.05, 3.63) is 54.6 Å². The lowest BCUT2D eigenvalue weighted by molar-refractivity contribution is 0.0912. The summed E-state index contributed by atoms with van der Waals surface area (Å²) < 4.78 is 12.0. The molecule has 0 saturated heterocycles. The number of carbonyl (C=O) groups excluding carboxylic acids is 1. The number of aromatic nitrogens is 4. The molecule has 0 saturated carbocycles. The average Bonchev–Trinajstić information content (AvgIpc) is 3.36. The van der Waals surface area contributed by atoms with Crippen molar-refractivity contribution < 1.29 is 13.9 Å². The first-order valence-corrected chi connectivity index (χ1v) is 8.60. The van der Waals surface area contributed by atoms with Gasteiger partial charge in [0.15, 0.2) is 17.2 Å². The molecule has 1 aromatic carbocycles. The van der Waals surface area contributed by atoms with Gasteiger partial charge >= 0.3 is 0 Å². The van der Waals surface area contributed by atoms with Crippen molar-refractivity contribution in [1.82, 2.24) is 25.1 Å². The summed E-state index contributed by atoms with van der Waals surface area (Å²) in [6, 6.07) is 11.4. The Bertz CT molecular complexity index is 1120. The number of nitrogens with zero attached hydrogens (tertiary/aromatic N) is 4. The first kappa shape index (κ1) is 17.7. The number of nitrogen functional groups attached to an aromatic ring is 1. The first-order chi connectivity index (χ1) is 13.7. The van der Waals surface area contributed by atoms with Crippen LogP contribution in [0.2, 0.25) is 0 Å². The van der Waals surface area contributed by atoms with Gasteiger partial charge in [-0.3, -0.25) is 4.79 Å². The summed E-state index contributed by atoms with van der Waals surface area (Å²) >= 11 is 0. The highest BCUT2D eigenvalue weighted by molar-refractivity contribution is 5.97. The van der Waals surface area contributed by atoms with Gasteiger partial charge in [0.25, 0.3) is 11.9 Å². The molecule has 0 atom stereocenters. The molecule has 0 spiro atoms. The van der Waals surface area contributed by atoms with Crippen molar-refractivity contribution in [3.8, 4) is 17.1 Å². The van der Waals surface area contributed by atoms with Crippen LogP contribution in [0.5, 0.6) is 0 Å². The van der Waals surface area contributed by atoms with Gasteiger partial charge in [-0.1, -0.05) is 30.3 Å². The molecular formula is C19H18N6O3. The van der Waals surface area contributed by atoms with Gasteiger partial charge in [0.05, 0.1) is 12.8 Å². The Morgan fingerprint density at radius 1 is 1.25 bits per heavy atom. The number of ether oxygens (including phenoxy) is 1. The van der Waals surface area contributed by atoms with Crippen molar-refractivity contribution in [1.29, 1.82) is 0 Å². The summed E-state index contributed by atoms with van der Waals surface area (Å²) in [7, 11) is 1.56. The lowest BCUT2D eigenvalue weighted by Crippen LogP contribution is -2.26. The fourth-order valence-electron chi connectivity index (χ4n) is 2.72. The van der Waals surface area contributed by atoms with Gasteiger partial charge < -0.3 is 20.2 Å². The van der Waals surface area contributed by atoms with Gasteiger partial charge in [-0.2, -0.15) is 10.1 Å². The molecule has 3 heterocycles. The molecule has 3 N–H and O–H groups in total. The van der Waals surface area contributed by atoms with Crippen molar-refractivity contribution in [2.75, 3.05) is 26.0 Å². The molecule has 0 radical (unpaired) electrons. The molecule has 3 aromatic heterocycles. The number of rotatable bonds is 6. The van der Waals surface area contributed by atoms with Gasteiger partial charge in [0, 0.05) is 31.5 Å². The number of amides is 1. The van der Waals surface area contributed by atoms with Crippen LogP contribution in [0.15, 0.2) is 53.2 Å². The minimum Gasteiger partial charge on any atom is -0.445 e. The maximum Gasteiger partial charge on any atom is 0.287 e. The second-order valence-corrected chi connectivity index (χ2v) is 6.02. The first-order valence-electron chi connectivity index (χ1n) is 8.60. The van der Waals surface area contributed by atoms with Gasteiger partial charge in [-0.25, -0.2) is 9.67 Å². The van der Waals surface area contributed by atoms with Crippen molar-refractivity contribution in [2.45, 2.75) is 0 Å². The number of carbonyl (C=O) groups is 1. The number of hydrogen-bond acceptors (Lipinski definition) is 7. The van der Waals surface area contributed by atoms with E-state index in [-0.39, 0.29) is 23.1 Å². The molecule has 1 amide bonds. The molecule has 4 aromatic rings. The largest absolute Gasteiger partial charge is 0.445 e. The van der Waals surface area contributed by atoms with Crippen LogP contribution < -0.4 is 11.1 Å². The third-order valence-electron chi connectivity index (χ3n) is 4.10. The predicted molar refractivity (Wildman–Crippen MR) is 103 cm³/mol. The number of methoxy groups -OCH3 is 1. The summed E-state index contributed by atoms with van der Waals surface area (Å²) in [4.78, 5) is 20.8. The fourth-order valence-corrected chi connectivity index (χ4v) is 2.72. The summed E-state index contributed by atoms with van der Waals surface area (Å²) in [6.45, 7) is 0.773. The lowest BCUT2D eigenvalue weighted by Gasteiger charge is -2.01. The van der Waals surface area contributed by atoms with Gasteiger partial charge in [-0.15, -0.1) is 0 Å². The van der Waals surface area contributed by atoms with Gasteiger partial charge in [0.1, 0.15) is 5.52 Å². The van der Waals surface area contributed by atoms with Gasteiger partial charge in [0.2, 0.25) is 0 Å². The van der Waals surface area contributed by atoms with Crippen molar-refractivity contribution in [3.63, 3.8) is 0 Å². The molecule has 0 fully saturated rings. The number of benzene rings is 1. The normalized spacial score (nSPS) is 11.0. The van der Waals surface area contributed by atoms with Crippen LogP contribution >= 0.6 is 0 Å². The minimum absolute atomic E-state index is 0.106. The Labute approximate surface area is 160 Å². The number of nitrogens with two attached hydrogens (primary N) is 1. The molecule has 0 aliphatic carbocycles. The number of hydrogen-bond donors (Lipinski definition) is 2. The average molecular weight is 378 g/mol. The Kier molecular flexibility index (Phi) is 4.73. The quantitative estimate of drug-likeness (QED) is 0.492. The molecule has 4 rings (SSSR count). The van der Waals surface area contributed by atoms with Crippen LogP contribution in [-0.2, 0) is 4.74 Å². The molecule has 0 unspecified atom stereocenters. The van der Waals surface area contributed by atoms with E-state index in [9.17, 15) is 4.79 Å². The third kappa shape index (κ3) is 3.42. The molecule has 9 nitrogen and oxygen atoms in total. The Morgan fingerprint density at radius 3 is 2.86 bits per heavy atom. The standard InChI is InChI=1S/C19H18N6O3/c1-27-8-7-21-18(26)15-9-14-16(28-15)17(20)24-19(23-14)25-11-13(10-22-25)12-5-3-2-4-6-12/h2-6,9-11H,7-8H2,1H3,(H,21,26)(H2,20,23,24). The molecule has 0 aliphatic heterocycles. The Hall–Kier alpha value is -3.72. The summed E-state index contributed by atoms with van der Waals surface area (Å²) in [5, 5.41) is 7.00. The van der Waals surface area contributed by atoms with E-state index in [1.165, 1.54) is 10.7 Å². The van der Waals surface area contributed by atoms with Crippen LogP contribution in [-0.4, -0.2) is 45.9 Å². The summed E-state index contributed by atoms with van der Waals surface area (Å²) in [6.07, 6.45) is 3.54. The molecule has 9 heteroatoms. The van der Waals surface area contributed by atoms with Crippen molar-refractivity contribution in [2.24, 2.45) is 0 Å². The van der Waals surface area contributed by atoms with E-state index in [0.29, 0.717) is 24.6 Å². The van der Waals surface area contributed by atoms with Crippen LogP contribution in [0.1, 0.15) is 10.6 Å². The molecule has 142 valence electrons. The maximum atomic E-state index is 12.1. The smallest absolute Gasteiger partial charge is 0.287 e. The highest BCUT2D eigenvalue weighted by atomic mass is 16.5. The maximum absolute atomic E-state index is 12.1. The highest BCUT2D eigenvalue weighted by Gasteiger charge is 2.17. The zero-order valence-corrected chi connectivity index (χ0v) is 15.1. The molecule has 28 heavy (non-hydrogen) atoms. The monoisotopic (exact) mass is 378 g/mol. The SMILES string of the molecule is COCCNC(=O)c1cc2nc(-n3cc(-c4ccccc4)cn3)nc(N)c2o1. The number of furan rings is 1. The molecule has 0 aliphatic rings. The second kappa shape index (κ2) is 7.49. The Morgan fingerprint density at radius 2 is 2.07 bits per heavy atom. The summed E-state index contributed by atoms with van der Waals surface area (Å²) in [5.41, 5.74) is 8.65. The van der Waals surface area contributed by atoms with Crippen molar-refractivity contribution >= 4 is 22.8 Å². The third-order valence-corrected chi connectivity index (χ3v) is 4.10. The van der Waals surface area contributed by atoms with E-state index in [4.69, 9.17) is 14.9 Å². The van der Waals surface area contributed by atoms with E-state index in [1.807, 2.05) is 36.5 Å². The number of anilines is 1. The zero-order valence-electron chi connectivity index (χ0n) is 15.1. The van der Waals surface area contributed by atoms with Gasteiger partial charge in [-0.05, 0) is 5.56 Å².